The lowest BCUT2D eigenvalue weighted by atomic mass is 10.2. The second kappa shape index (κ2) is 8.39. The predicted octanol–water partition coefficient (Wildman–Crippen LogP) is 3.23. The van der Waals surface area contributed by atoms with E-state index in [4.69, 9.17) is 5.11 Å². The zero-order chi connectivity index (χ0) is 20.3. The zero-order valence-corrected chi connectivity index (χ0v) is 17.1. The van der Waals surface area contributed by atoms with Crippen molar-refractivity contribution in [3.63, 3.8) is 0 Å². The highest BCUT2D eigenvalue weighted by molar-refractivity contribution is 9.10. The maximum atomic E-state index is 12.3. The first kappa shape index (κ1) is 19.8. The fourth-order valence-electron chi connectivity index (χ4n) is 2.81. The molecule has 3 aromatic rings. The molecule has 0 aliphatic rings. The fourth-order valence-corrected chi connectivity index (χ4v) is 3.07. The van der Waals surface area contributed by atoms with Gasteiger partial charge in [0.1, 0.15) is 0 Å². The van der Waals surface area contributed by atoms with Gasteiger partial charge in [0.15, 0.2) is 0 Å². The fraction of sp³-hybridized carbons (Fsp3) is 0.263. The van der Waals surface area contributed by atoms with Gasteiger partial charge in [0.05, 0.1) is 35.4 Å². The van der Waals surface area contributed by atoms with Crippen LogP contribution in [0.15, 0.2) is 41.1 Å². The first-order valence-electron chi connectivity index (χ1n) is 8.67. The number of aromatic nitrogens is 4. The second-order valence-electron chi connectivity index (χ2n) is 6.43. The third-order valence-electron chi connectivity index (χ3n) is 4.34. The summed E-state index contributed by atoms with van der Waals surface area (Å²) >= 11 is 3.42. The lowest BCUT2D eigenvalue weighted by molar-refractivity contribution is -0.116. The third kappa shape index (κ3) is 4.66. The number of carbonyl (C=O) groups excluding carboxylic acids is 1. The molecule has 1 aromatic carbocycles. The van der Waals surface area contributed by atoms with Crippen LogP contribution in [0.3, 0.4) is 0 Å². The van der Waals surface area contributed by atoms with Crippen molar-refractivity contribution < 1.29 is 14.7 Å². The molecular formula is C19H20BrN5O3. The van der Waals surface area contributed by atoms with E-state index in [1.807, 2.05) is 42.8 Å². The number of anilines is 1. The van der Waals surface area contributed by atoms with Crippen LogP contribution in [0.2, 0.25) is 0 Å². The molecule has 0 unspecified atom stereocenters. The van der Waals surface area contributed by atoms with E-state index >= 15 is 0 Å². The van der Waals surface area contributed by atoms with Crippen molar-refractivity contribution in [3.8, 4) is 0 Å². The lowest BCUT2D eigenvalue weighted by Crippen LogP contribution is -2.16. The number of carboxylic acid groups (broad SMARTS) is 1. The Hall–Kier alpha value is -2.94. The first-order valence-corrected chi connectivity index (χ1v) is 9.47. The Bertz CT molecular complexity index is 1010. The number of nitrogens with one attached hydrogen (secondary N) is 1. The van der Waals surface area contributed by atoms with Crippen molar-refractivity contribution in [1.29, 1.82) is 0 Å². The van der Waals surface area contributed by atoms with Gasteiger partial charge >= 0.3 is 5.97 Å². The van der Waals surface area contributed by atoms with Crippen LogP contribution in [0, 0.1) is 13.8 Å². The van der Waals surface area contributed by atoms with Crippen molar-refractivity contribution in [2.45, 2.75) is 33.4 Å². The van der Waals surface area contributed by atoms with Crippen LogP contribution < -0.4 is 5.32 Å². The van der Waals surface area contributed by atoms with E-state index in [1.165, 1.54) is 17.1 Å². The Balaban J connectivity index is 1.63. The van der Waals surface area contributed by atoms with E-state index in [9.17, 15) is 9.59 Å². The summed E-state index contributed by atoms with van der Waals surface area (Å²) in [6, 6.07) is 8.01. The maximum absolute atomic E-state index is 12.3. The Morgan fingerprint density at radius 3 is 2.57 bits per heavy atom. The van der Waals surface area contributed by atoms with E-state index < -0.39 is 5.97 Å². The molecule has 9 heteroatoms. The second-order valence-corrected chi connectivity index (χ2v) is 7.34. The number of aromatic carboxylic acids is 1. The minimum atomic E-state index is -1.04. The number of benzene rings is 1. The summed E-state index contributed by atoms with van der Waals surface area (Å²) in [6.07, 6.45) is 2.85. The summed E-state index contributed by atoms with van der Waals surface area (Å²) in [6.45, 7) is 4.68. The number of rotatable bonds is 7. The first-order chi connectivity index (χ1) is 13.3. The molecule has 2 N–H and O–H groups in total. The smallest absolute Gasteiger partial charge is 0.338 e. The van der Waals surface area contributed by atoms with Crippen LogP contribution in [0.5, 0.6) is 0 Å². The molecule has 1 amide bonds. The summed E-state index contributed by atoms with van der Waals surface area (Å²) in [7, 11) is 0. The molecule has 28 heavy (non-hydrogen) atoms. The van der Waals surface area contributed by atoms with E-state index in [2.05, 4.69) is 31.4 Å². The highest BCUT2D eigenvalue weighted by Crippen LogP contribution is 2.21. The number of carbonyl (C=O) groups is 2. The van der Waals surface area contributed by atoms with Crippen molar-refractivity contribution in [3.05, 3.63) is 63.6 Å². The molecule has 0 radical (unpaired) electrons. The highest BCUT2D eigenvalue weighted by atomic mass is 79.9. The summed E-state index contributed by atoms with van der Waals surface area (Å²) in [5.41, 5.74) is 3.53. The third-order valence-corrected chi connectivity index (χ3v) is 4.87. The van der Waals surface area contributed by atoms with Crippen LogP contribution in [-0.2, 0) is 17.9 Å². The van der Waals surface area contributed by atoms with Gasteiger partial charge in [-0.05, 0) is 31.5 Å². The summed E-state index contributed by atoms with van der Waals surface area (Å²) in [4.78, 5) is 23.2. The average molecular weight is 446 g/mol. The normalized spacial score (nSPS) is 10.8. The van der Waals surface area contributed by atoms with Gasteiger partial charge in [0, 0.05) is 23.6 Å². The molecule has 0 aliphatic carbocycles. The number of aryl methyl sites for hydroxylation is 2. The number of amides is 1. The number of halogens is 1. The monoisotopic (exact) mass is 445 g/mol. The van der Waals surface area contributed by atoms with Crippen molar-refractivity contribution >= 4 is 33.5 Å². The summed E-state index contributed by atoms with van der Waals surface area (Å²) < 4.78 is 4.32. The molecule has 0 saturated carbocycles. The van der Waals surface area contributed by atoms with Gasteiger partial charge < -0.3 is 10.4 Å². The highest BCUT2D eigenvalue weighted by Gasteiger charge is 2.15. The topological polar surface area (TPSA) is 102 Å². The minimum absolute atomic E-state index is 0.0984. The zero-order valence-electron chi connectivity index (χ0n) is 15.5. The largest absolute Gasteiger partial charge is 0.478 e. The molecule has 2 aromatic heterocycles. The van der Waals surface area contributed by atoms with Crippen LogP contribution in [-0.4, -0.2) is 36.5 Å². The SMILES string of the molecule is Cc1nn(Cc2ccc(Br)cc2)c(C)c1NC(=O)CCn1cc(C(=O)O)cn1. The van der Waals surface area contributed by atoms with E-state index in [0.717, 1.165) is 21.4 Å². The Morgan fingerprint density at radius 2 is 1.93 bits per heavy atom. The number of hydrogen-bond acceptors (Lipinski definition) is 4. The molecule has 0 saturated heterocycles. The van der Waals surface area contributed by atoms with E-state index in [0.29, 0.717) is 18.8 Å². The predicted molar refractivity (Wildman–Crippen MR) is 107 cm³/mol. The number of hydrogen-bond donors (Lipinski definition) is 2. The number of carboxylic acids is 1. The van der Waals surface area contributed by atoms with Gasteiger partial charge in [-0.15, -0.1) is 0 Å². The van der Waals surface area contributed by atoms with Crippen molar-refractivity contribution in [2.24, 2.45) is 0 Å². The molecule has 0 fully saturated rings. The van der Waals surface area contributed by atoms with E-state index in [-0.39, 0.29) is 17.9 Å². The Morgan fingerprint density at radius 1 is 1.21 bits per heavy atom. The molecule has 0 spiro atoms. The van der Waals surface area contributed by atoms with Crippen LogP contribution in [0.1, 0.15) is 33.7 Å². The molecular weight excluding hydrogens is 426 g/mol. The maximum Gasteiger partial charge on any atom is 0.338 e. The summed E-state index contributed by atoms with van der Waals surface area (Å²) in [5.74, 6) is -1.22. The lowest BCUT2D eigenvalue weighted by Gasteiger charge is -2.08. The van der Waals surface area contributed by atoms with Crippen LogP contribution in [0.4, 0.5) is 5.69 Å². The Labute approximate surface area is 170 Å². The van der Waals surface area contributed by atoms with Gasteiger partial charge in [-0.2, -0.15) is 10.2 Å². The molecule has 8 nitrogen and oxygen atoms in total. The van der Waals surface area contributed by atoms with Gasteiger partial charge in [0.25, 0.3) is 0 Å². The molecule has 3 rings (SSSR count). The molecule has 0 atom stereocenters. The van der Waals surface area contributed by atoms with Gasteiger partial charge in [0.2, 0.25) is 5.91 Å². The van der Waals surface area contributed by atoms with Gasteiger partial charge in [-0.25, -0.2) is 4.79 Å². The van der Waals surface area contributed by atoms with E-state index in [1.54, 1.807) is 0 Å². The summed E-state index contributed by atoms with van der Waals surface area (Å²) in [5, 5.41) is 20.3. The average Bonchev–Trinajstić information content (AvgIpc) is 3.23. The quantitative estimate of drug-likeness (QED) is 0.580. The van der Waals surface area contributed by atoms with Crippen molar-refractivity contribution in [1.82, 2.24) is 19.6 Å². The molecule has 2 heterocycles. The van der Waals surface area contributed by atoms with Crippen LogP contribution >= 0.6 is 15.9 Å². The number of nitrogens with zero attached hydrogens (tertiary/aromatic N) is 4. The van der Waals surface area contributed by atoms with Gasteiger partial charge in [-0.1, -0.05) is 28.1 Å². The van der Waals surface area contributed by atoms with Crippen LogP contribution in [0.25, 0.3) is 0 Å². The standard InChI is InChI=1S/C19H20BrN5O3/c1-12-18(13(2)25(23-12)10-14-3-5-16(20)6-4-14)22-17(26)7-8-24-11-15(9-21-24)19(27)28/h3-6,9,11H,7-8,10H2,1-2H3,(H,22,26)(H,27,28). The minimum Gasteiger partial charge on any atom is -0.478 e. The Kier molecular flexibility index (Phi) is 5.93. The molecule has 146 valence electrons. The molecule has 0 aliphatic heterocycles. The van der Waals surface area contributed by atoms with Gasteiger partial charge in [-0.3, -0.25) is 14.2 Å². The molecule has 0 bridgehead atoms. The van der Waals surface area contributed by atoms with Crippen molar-refractivity contribution in [2.75, 3.05) is 5.32 Å².